The molecule has 0 spiro atoms. The second kappa shape index (κ2) is 10.2. The first kappa shape index (κ1) is 25.5. The van der Waals surface area contributed by atoms with E-state index in [-0.39, 0.29) is 54.9 Å². The van der Waals surface area contributed by atoms with Gasteiger partial charge in [-0.3, -0.25) is 4.68 Å². The minimum atomic E-state index is -4.16. The monoisotopic (exact) mass is 497 g/mol. The molecule has 3 aliphatic carbocycles. The molecule has 1 saturated carbocycles. The van der Waals surface area contributed by atoms with Crippen LogP contribution in [-0.2, 0) is 22.0 Å². The Labute approximate surface area is 224 Å². The summed E-state index contributed by atoms with van der Waals surface area (Å²) in [5, 5.41) is 7.23. The standard InChI is InChI=1S/C23H31N5O4S.Na.H/c1-15-21(14-24-27(15)2)28(18-9-11-32-12-10-18)33(30,31)26-23(29)25-22-19-7-3-5-16(19)13-17-6-4-8-20(17)22;;/h3,5,7,13-14,18-20,22H,4,6,8-12H2,1-2H3,(H2,25,26,29);;/q;+1;-1. The van der Waals surface area contributed by atoms with Crippen molar-refractivity contribution in [3.63, 3.8) is 0 Å². The van der Waals surface area contributed by atoms with E-state index >= 15 is 0 Å². The maximum absolute atomic E-state index is 13.5. The quantitative estimate of drug-likeness (QED) is 0.539. The van der Waals surface area contributed by atoms with Crippen LogP contribution in [0.15, 0.2) is 41.6 Å². The summed E-state index contributed by atoms with van der Waals surface area (Å²) < 4.78 is 37.8. The summed E-state index contributed by atoms with van der Waals surface area (Å²) in [6.45, 7) is 2.77. The van der Waals surface area contributed by atoms with Crippen LogP contribution in [-0.4, -0.2) is 49.5 Å². The summed E-state index contributed by atoms with van der Waals surface area (Å²) >= 11 is 0. The molecular formula is C23H32N5NaO4S. The molecule has 1 aromatic heterocycles. The van der Waals surface area contributed by atoms with Crippen LogP contribution < -0.4 is 43.9 Å². The molecule has 0 bridgehead atoms. The maximum atomic E-state index is 13.5. The average Bonchev–Trinajstić information content (AvgIpc) is 3.51. The van der Waals surface area contributed by atoms with E-state index in [9.17, 15) is 13.2 Å². The fraction of sp³-hybridized carbons (Fsp3) is 0.565. The van der Waals surface area contributed by atoms with Crippen molar-refractivity contribution in [2.75, 3.05) is 17.5 Å². The number of amides is 2. The number of nitrogens with zero attached hydrogens (tertiary/aromatic N) is 3. The number of allylic oxidation sites excluding steroid dienone is 3. The summed E-state index contributed by atoms with van der Waals surface area (Å²) in [7, 11) is -2.40. The molecule has 0 aromatic carbocycles. The Balaban J connectivity index is 0.00000171. The van der Waals surface area contributed by atoms with Gasteiger partial charge in [0.15, 0.2) is 0 Å². The zero-order chi connectivity index (χ0) is 23.2. The molecule has 0 radical (unpaired) electrons. The number of rotatable bonds is 5. The van der Waals surface area contributed by atoms with Gasteiger partial charge in [-0.15, -0.1) is 0 Å². The number of hydrogen-bond acceptors (Lipinski definition) is 5. The van der Waals surface area contributed by atoms with Crippen molar-refractivity contribution in [1.29, 1.82) is 0 Å². The number of nitrogens with one attached hydrogen (secondary N) is 2. The third kappa shape index (κ3) is 4.75. The zero-order valence-corrected chi connectivity index (χ0v) is 22.8. The van der Waals surface area contributed by atoms with Crippen LogP contribution in [0.1, 0.15) is 39.2 Å². The van der Waals surface area contributed by atoms with Gasteiger partial charge in [-0.25, -0.2) is 13.8 Å². The summed E-state index contributed by atoms with van der Waals surface area (Å²) in [6.07, 6.45) is 14.2. The second-order valence-corrected chi connectivity index (χ2v) is 10.8. The molecule has 2 amide bonds. The first-order chi connectivity index (χ1) is 15.8. The van der Waals surface area contributed by atoms with E-state index in [1.807, 2.05) is 13.0 Å². The van der Waals surface area contributed by atoms with Gasteiger partial charge >= 0.3 is 45.8 Å². The molecule has 3 atom stereocenters. The smallest absolute Gasteiger partial charge is 1.00 e. The van der Waals surface area contributed by atoms with Crippen LogP contribution in [0.2, 0.25) is 0 Å². The van der Waals surface area contributed by atoms with Crippen LogP contribution in [0.5, 0.6) is 0 Å². The molecule has 9 nitrogen and oxygen atoms in total. The van der Waals surface area contributed by atoms with Crippen molar-refractivity contribution >= 4 is 21.9 Å². The van der Waals surface area contributed by atoms with E-state index in [1.54, 1.807) is 17.9 Å². The van der Waals surface area contributed by atoms with E-state index in [1.165, 1.54) is 15.5 Å². The molecule has 5 rings (SSSR count). The molecule has 1 saturated heterocycles. The van der Waals surface area contributed by atoms with Crippen molar-refractivity contribution in [3.8, 4) is 0 Å². The van der Waals surface area contributed by atoms with Crippen molar-refractivity contribution in [3.05, 3.63) is 47.3 Å². The van der Waals surface area contributed by atoms with E-state index in [0.29, 0.717) is 37.4 Å². The number of urea groups is 1. The minimum Gasteiger partial charge on any atom is -1.00 e. The third-order valence-electron chi connectivity index (χ3n) is 7.37. The van der Waals surface area contributed by atoms with Crippen LogP contribution in [0.25, 0.3) is 0 Å². The summed E-state index contributed by atoms with van der Waals surface area (Å²) in [6, 6.07) is -1.14. The van der Waals surface area contributed by atoms with Gasteiger partial charge in [0.1, 0.15) is 0 Å². The largest absolute Gasteiger partial charge is 1.00 e. The SMILES string of the molecule is Cc1c(N(C2CCOCC2)S(=O)(=O)NC(=O)NC2C3C=CC=C3C=C3CCCC32)cnn1C.[H-].[Na+]. The van der Waals surface area contributed by atoms with Gasteiger partial charge in [0.25, 0.3) is 0 Å². The Morgan fingerprint density at radius 2 is 2.06 bits per heavy atom. The number of aromatic nitrogens is 2. The Kier molecular flexibility index (Phi) is 7.64. The van der Waals surface area contributed by atoms with Gasteiger partial charge < -0.3 is 11.5 Å². The molecule has 4 aliphatic rings. The number of ether oxygens (including phenoxy) is 1. The van der Waals surface area contributed by atoms with Crippen molar-refractivity contribution in [2.45, 2.75) is 51.1 Å². The van der Waals surface area contributed by atoms with Gasteiger partial charge in [0.2, 0.25) is 0 Å². The molecule has 1 aliphatic heterocycles. The summed E-state index contributed by atoms with van der Waals surface area (Å²) in [5.74, 6) is 0.327. The van der Waals surface area contributed by atoms with E-state index < -0.39 is 16.2 Å². The molecule has 2 heterocycles. The number of hydrogen-bond donors (Lipinski definition) is 2. The van der Waals surface area contributed by atoms with Crippen molar-refractivity contribution in [1.82, 2.24) is 19.8 Å². The predicted molar refractivity (Wildman–Crippen MR) is 126 cm³/mol. The number of anilines is 1. The van der Waals surface area contributed by atoms with Gasteiger partial charge in [-0.1, -0.05) is 29.9 Å². The van der Waals surface area contributed by atoms with E-state index in [4.69, 9.17) is 4.74 Å². The van der Waals surface area contributed by atoms with E-state index in [2.05, 4.69) is 33.4 Å². The maximum Gasteiger partial charge on any atom is 1.00 e. The molecule has 180 valence electrons. The molecule has 2 N–H and O–H groups in total. The third-order valence-corrected chi connectivity index (χ3v) is 8.83. The van der Waals surface area contributed by atoms with Crippen LogP contribution in [0.3, 0.4) is 0 Å². The van der Waals surface area contributed by atoms with Gasteiger partial charge in [-0.2, -0.15) is 13.5 Å². The molecule has 3 unspecified atom stereocenters. The molecule has 1 aromatic rings. The minimum absolute atomic E-state index is 0. The summed E-state index contributed by atoms with van der Waals surface area (Å²) in [4.78, 5) is 13.1. The number of fused-ring (bicyclic) bond motifs is 2. The molecule has 34 heavy (non-hydrogen) atoms. The Hall–Kier alpha value is -1.59. The first-order valence-electron chi connectivity index (χ1n) is 11.6. The van der Waals surface area contributed by atoms with Gasteiger partial charge in [0, 0.05) is 38.1 Å². The van der Waals surface area contributed by atoms with Gasteiger partial charge in [0.05, 0.1) is 23.6 Å². The second-order valence-electron chi connectivity index (χ2n) is 9.28. The van der Waals surface area contributed by atoms with Gasteiger partial charge in [-0.05, 0) is 44.6 Å². The fourth-order valence-corrected chi connectivity index (χ4v) is 7.05. The van der Waals surface area contributed by atoms with Crippen LogP contribution >= 0.6 is 0 Å². The molecule has 2 fully saturated rings. The van der Waals surface area contributed by atoms with Crippen molar-refractivity contribution in [2.24, 2.45) is 18.9 Å². The Morgan fingerprint density at radius 1 is 1.29 bits per heavy atom. The topological polar surface area (TPSA) is 106 Å². The van der Waals surface area contributed by atoms with Crippen LogP contribution in [0.4, 0.5) is 10.5 Å². The Morgan fingerprint density at radius 3 is 2.76 bits per heavy atom. The predicted octanol–water partition coefficient (Wildman–Crippen LogP) is -0.404. The summed E-state index contributed by atoms with van der Waals surface area (Å²) in [5.41, 5.74) is 3.73. The number of aryl methyl sites for hydroxylation is 1. The van der Waals surface area contributed by atoms with Crippen molar-refractivity contribution < 1.29 is 48.9 Å². The normalized spacial score (nSPS) is 26.1. The zero-order valence-electron chi connectivity index (χ0n) is 21.0. The Bertz CT molecular complexity index is 1140. The van der Waals surface area contributed by atoms with E-state index in [0.717, 1.165) is 19.3 Å². The molecular weight excluding hydrogens is 465 g/mol. The fourth-order valence-electron chi connectivity index (χ4n) is 5.61. The molecule has 11 heteroatoms. The first-order valence-corrected chi connectivity index (χ1v) is 13.1. The average molecular weight is 498 g/mol. The van der Waals surface area contributed by atoms with Crippen LogP contribution in [0, 0.1) is 18.8 Å². The number of carbonyl (C=O) groups excluding carboxylic acids is 1. The number of carbonyl (C=O) groups is 1.